The van der Waals surface area contributed by atoms with Gasteiger partial charge in [-0.2, -0.15) is 0 Å². The molecule has 3 rings (SSSR count). The van der Waals surface area contributed by atoms with E-state index in [1.54, 1.807) is 16.7 Å². The molecule has 2 nitrogen and oxygen atoms in total. The summed E-state index contributed by atoms with van der Waals surface area (Å²) in [5, 5.41) is 0.770. The zero-order valence-electron chi connectivity index (χ0n) is 11.4. The van der Waals surface area contributed by atoms with Crippen LogP contribution in [0, 0.1) is 12.7 Å². The van der Waals surface area contributed by atoms with E-state index in [0.717, 1.165) is 26.5 Å². The number of rotatable bonds is 2. The predicted octanol–water partition coefficient (Wildman–Crippen LogP) is 4.26. The first-order valence-corrected chi connectivity index (χ1v) is 7.38. The molecular formula is C17H13BrFNO. The van der Waals surface area contributed by atoms with Crippen molar-refractivity contribution in [2.24, 2.45) is 0 Å². The van der Waals surface area contributed by atoms with Gasteiger partial charge in [-0.15, -0.1) is 0 Å². The van der Waals surface area contributed by atoms with E-state index in [1.807, 2.05) is 31.2 Å². The Morgan fingerprint density at radius 1 is 1.10 bits per heavy atom. The van der Waals surface area contributed by atoms with Crippen molar-refractivity contribution in [3.63, 3.8) is 0 Å². The van der Waals surface area contributed by atoms with Gasteiger partial charge in [-0.05, 0) is 48.4 Å². The molecule has 0 fully saturated rings. The van der Waals surface area contributed by atoms with Gasteiger partial charge in [-0.1, -0.05) is 28.1 Å². The molecule has 4 heteroatoms. The van der Waals surface area contributed by atoms with Crippen LogP contribution in [0.5, 0.6) is 0 Å². The van der Waals surface area contributed by atoms with Gasteiger partial charge in [0, 0.05) is 15.9 Å². The second-order valence-corrected chi connectivity index (χ2v) is 5.96. The molecule has 0 spiro atoms. The van der Waals surface area contributed by atoms with E-state index in [1.165, 1.54) is 12.1 Å². The minimum Gasteiger partial charge on any atom is -0.304 e. The van der Waals surface area contributed by atoms with Crippen LogP contribution in [0.4, 0.5) is 4.39 Å². The van der Waals surface area contributed by atoms with Crippen molar-refractivity contribution in [1.29, 1.82) is 0 Å². The Balaban J connectivity index is 2.17. The number of hydrogen-bond acceptors (Lipinski definition) is 1. The van der Waals surface area contributed by atoms with Gasteiger partial charge in [-0.25, -0.2) is 4.39 Å². The van der Waals surface area contributed by atoms with E-state index >= 15 is 0 Å². The Morgan fingerprint density at radius 3 is 2.52 bits per heavy atom. The Morgan fingerprint density at radius 2 is 1.81 bits per heavy atom. The number of fused-ring (bicyclic) bond motifs is 1. The zero-order valence-corrected chi connectivity index (χ0v) is 13.0. The summed E-state index contributed by atoms with van der Waals surface area (Å²) >= 11 is 3.39. The molecule has 0 unspecified atom stereocenters. The number of halogens is 2. The van der Waals surface area contributed by atoms with Gasteiger partial charge in [-0.3, -0.25) is 4.79 Å². The van der Waals surface area contributed by atoms with Crippen LogP contribution < -0.4 is 5.56 Å². The molecule has 2 aromatic carbocycles. The third-order valence-corrected chi connectivity index (χ3v) is 4.06. The Labute approximate surface area is 130 Å². The third kappa shape index (κ3) is 2.76. The lowest BCUT2D eigenvalue weighted by Crippen LogP contribution is -2.21. The first-order valence-electron chi connectivity index (χ1n) is 6.59. The van der Waals surface area contributed by atoms with E-state index in [2.05, 4.69) is 15.9 Å². The predicted molar refractivity (Wildman–Crippen MR) is 86.1 cm³/mol. The quantitative estimate of drug-likeness (QED) is 0.680. The summed E-state index contributed by atoms with van der Waals surface area (Å²) in [7, 11) is 0. The summed E-state index contributed by atoms with van der Waals surface area (Å²) < 4.78 is 16.1. The highest BCUT2D eigenvalue weighted by Crippen LogP contribution is 2.19. The van der Waals surface area contributed by atoms with Gasteiger partial charge in [0.05, 0.1) is 12.1 Å². The van der Waals surface area contributed by atoms with Crippen LogP contribution in [-0.2, 0) is 6.54 Å². The molecule has 0 radical (unpaired) electrons. The largest absolute Gasteiger partial charge is 0.304 e. The molecule has 3 aromatic rings. The standard InChI is InChI=1S/C17H13BrFNO/c1-11-8-17(21)20(10-12-2-4-13(18)5-3-12)16-7-6-14(19)9-15(11)16/h2-9H,10H2,1H3. The number of benzene rings is 2. The Hall–Kier alpha value is -1.94. The highest BCUT2D eigenvalue weighted by Gasteiger charge is 2.08. The van der Waals surface area contributed by atoms with Crippen LogP contribution in [0.3, 0.4) is 0 Å². The summed E-state index contributed by atoms with van der Waals surface area (Å²) in [4.78, 5) is 12.3. The summed E-state index contributed by atoms with van der Waals surface area (Å²) in [5.74, 6) is -0.292. The lowest BCUT2D eigenvalue weighted by atomic mass is 10.1. The van der Waals surface area contributed by atoms with Gasteiger partial charge < -0.3 is 4.57 Å². The van der Waals surface area contributed by atoms with Crippen molar-refractivity contribution >= 4 is 26.8 Å². The fourth-order valence-electron chi connectivity index (χ4n) is 2.45. The molecule has 1 aromatic heterocycles. The molecule has 0 amide bonds. The van der Waals surface area contributed by atoms with E-state index in [0.29, 0.717) is 6.54 Å². The van der Waals surface area contributed by atoms with Crippen LogP contribution in [0.2, 0.25) is 0 Å². The second kappa shape index (κ2) is 5.45. The average molecular weight is 346 g/mol. The minimum atomic E-state index is -0.292. The van der Waals surface area contributed by atoms with Crippen LogP contribution in [-0.4, -0.2) is 4.57 Å². The van der Waals surface area contributed by atoms with Gasteiger partial charge in [0.15, 0.2) is 0 Å². The summed E-state index contributed by atoms with van der Waals surface area (Å²) in [6.07, 6.45) is 0. The van der Waals surface area contributed by atoms with Crippen molar-refractivity contribution in [3.05, 3.63) is 80.3 Å². The SMILES string of the molecule is Cc1cc(=O)n(Cc2ccc(Br)cc2)c2ccc(F)cc12. The summed E-state index contributed by atoms with van der Waals surface area (Å²) in [5.41, 5.74) is 2.50. The first-order chi connectivity index (χ1) is 10.0. The molecule has 0 aliphatic carbocycles. The molecular weight excluding hydrogens is 333 g/mol. The van der Waals surface area contributed by atoms with Crippen LogP contribution in [0.15, 0.2) is 57.8 Å². The summed E-state index contributed by atoms with van der Waals surface area (Å²) in [6, 6.07) is 13.9. The molecule has 21 heavy (non-hydrogen) atoms. The normalized spacial score (nSPS) is 11.0. The van der Waals surface area contributed by atoms with Crippen molar-refractivity contribution in [1.82, 2.24) is 4.57 Å². The average Bonchev–Trinajstić information content (AvgIpc) is 2.46. The maximum Gasteiger partial charge on any atom is 0.251 e. The minimum absolute atomic E-state index is 0.0745. The number of aromatic nitrogens is 1. The second-order valence-electron chi connectivity index (χ2n) is 5.04. The highest BCUT2D eigenvalue weighted by molar-refractivity contribution is 9.10. The fraction of sp³-hybridized carbons (Fsp3) is 0.118. The van der Waals surface area contributed by atoms with E-state index in [4.69, 9.17) is 0 Å². The van der Waals surface area contributed by atoms with Gasteiger partial charge in [0.25, 0.3) is 5.56 Å². The molecule has 0 atom stereocenters. The molecule has 0 aliphatic rings. The van der Waals surface area contributed by atoms with E-state index < -0.39 is 0 Å². The lowest BCUT2D eigenvalue weighted by molar-refractivity contribution is 0.629. The third-order valence-electron chi connectivity index (χ3n) is 3.53. The fourth-order valence-corrected chi connectivity index (χ4v) is 2.72. The van der Waals surface area contributed by atoms with Crippen LogP contribution >= 0.6 is 15.9 Å². The number of aryl methyl sites for hydroxylation is 1. The Bertz CT molecular complexity index is 868. The molecule has 106 valence electrons. The zero-order chi connectivity index (χ0) is 15.0. The maximum atomic E-state index is 13.4. The number of hydrogen-bond donors (Lipinski definition) is 0. The molecule has 0 bridgehead atoms. The van der Waals surface area contributed by atoms with Crippen molar-refractivity contribution in [2.75, 3.05) is 0 Å². The van der Waals surface area contributed by atoms with Crippen molar-refractivity contribution in [2.45, 2.75) is 13.5 Å². The first kappa shape index (κ1) is 14.0. The van der Waals surface area contributed by atoms with Crippen LogP contribution in [0.25, 0.3) is 10.9 Å². The van der Waals surface area contributed by atoms with E-state index in [-0.39, 0.29) is 11.4 Å². The molecule has 1 heterocycles. The Kier molecular flexibility index (Phi) is 3.64. The van der Waals surface area contributed by atoms with Crippen molar-refractivity contribution in [3.8, 4) is 0 Å². The number of pyridine rings is 1. The molecule has 0 aliphatic heterocycles. The number of nitrogens with zero attached hydrogens (tertiary/aromatic N) is 1. The van der Waals surface area contributed by atoms with E-state index in [9.17, 15) is 9.18 Å². The monoisotopic (exact) mass is 345 g/mol. The smallest absolute Gasteiger partial charge is 0.251 e. The highest BCUT2D eigenvalue weighted by atomic mass is 79.9. The van der Waals surface area contributed by atoms with Gasteiger partial charge in [0.1, 0.15) is 5.82 Å². The molecule has 0 N–H and O–H groups in total. The maximum absolute atomic E-state index is 13.4. The van der Waals surface area contributed by atoms with Gasteiger partial charge in [0.2, 0.25) is 0 Å². The summed E-state index contributed by atoms with van der Waals surface area (Å²) in [6.45, 7) is 2.29. The lowest BCUT2D eigenvalue weighted by Gasteiger charge is -2.12. The van der Waals surface area contributed by atoms with Gasteiger partial charge >= 0.3 is 0 Å². The topological polar surface area (TPSA) is 22.0 Å². The van der Waals surface area contributed by atoms with Crippen LogP contribution in [0.1, 0.15) is 11.1 Å². The molecule has 0 saturated carbocycles. The molecule has 0 saturated heterocycles. The van der Waals surface area contributed by atoms with Crippen molar-refractivity contribution < 1.29 is 4.39 Å².